The van der Waals surface area contributed by atoms with Gasteiger partial charge in [-0.15, -0.1) is 0 Å². The first kappa shape index (κ1) is 17.8. The molecular weight excluding hydrogens is 357 g/mol. The highest BCUT2D eigenvalue weighted by Gasteiger charge is 2.21. The molecule has 1 amide bonds. The molecule has 7 heteroatoms. The number of thiocarbonyl (C=S) groups is 1. The number of hydrogen-bond acceptors (Lipinski definition) is 3. The first-order chi connectivity index (χ1) is 9.53. The summed E-state index contributed by atoms with van der Waals surface area (Å²) in [6, 6.07) is 2.53. The minimum Gasteiger partial charge on any atom is -0.389 e. The van der Waals surface area contributed by atoms with E-state index in [1.807, 2.05) is 20.8 Å². The number of nitrogens with two attached hydrogens (primary N) is 1. The van der Waals surface area contributed by atoms with Crippen LogP contribution in [0.5, 0.6) is 0 Å². The van der Waals surface area contributed by atoms with Crippen LogP contribution in [0, 0.1) is 5.82 Å². The quantitative estimate of drug-likeness (QED) is 0.707. The van der Waals surface area contributed by atoms with Crippen LogP contribution < -0.4 is 16.4 Å². The fourth-order valence-electron chi connectivity index (χ4n) is 1.63. The van der Waals surface area contributed by atoms with Crippen molar-refractivity contribution in [3.05, 3.63) is 28.0 Å². The first-order valence-corrected chi connectivity index (χ1v) is 7.59. The Kier molecular flexibility index (Phi) is 5.69. The van der Waals surface area contributed by atoms with Gasteiger partial charge in [-0.3, -0.25) is 4.79 Å². The van der Waals surface area contributed by atoms with E-state index in [9.17, 15) is 9.18 Å². The van der Waals surface area contributed by atoms with Gasteiger partial charge in [-0.2, -0.15) is 0 Å². The van der Waals surface area contributed by atoms with Gasteiger partial charge in [-0.1, -0.05) is 12.2 Å². The van der Waals surface area contributed by atoms with Crippen molar-refractivity contribution in [2.24, 2.45) is 5.73 Å². The van der Waals surface area contributed by atoms with Crippen molar-refractivity contribution in [2.75, 3.05) is 5.32 Å². The van der Waals surface area contributed by atoms with Gasteiger partial charge in [0, 0.05) is 11.1 Å². The van der Waals surface area contributed by atoms with Crippen molar-refractivity contribution in [2.45, 2.75) is 39.3 Å². The zero-order chi connectivity index (χ0) is 16.4. The molecule has 4 N–H and O–H groups in total. The van der Waals surface area contributed by atoms with Crippen molar-refractivity contribution >= 4 is 44.7 Å². The van der Waals surface area contributed by atoms with Crippen molar-refractivity contribution in [1.82, 2.24) is 5.32 Å². The van der Waals surface area contributed by atoms with Gasteiger partial charge < -0.3 is 16.4 Å². The Morgan fingerprint density at radius 2 is 2.00 bits per heavy atom. The molecule has 0 fully saturated rings. The molecule has 0 aliphatic heterocycles. The molecule has 21 heavy (non-hydrogen) atoms. The average Bonchev–Trinajstić information content (AvgIpc) is 2.32. The monoisotopic (exact) mass is 375 g/mol. The molecule has 1 unspecified atom stereocenters. The molecule has 0 spiro atoms. The fourth-order valence-corrected chi connectivity index (χ4v) is 2.49. The van der Waals surface area contributed by atoms with E-state index >= 15 is 0 Å². The number of benzene rings is 1. The summed E-state index contributed by atoms with van der Waals surface area (Å²) in [5.74, 6) is -0.743. The Hall–Kier alpha value is -1.21. The number of nitrogens with one attached hydrogen (secondary N) is 2. The predicted molar refractivity (Wildman–Crippen MR) is 91.0 cm³/mol. The summed E-state index contributed by atoms with van der Waals surface area (Å²) >= 11 is 7.96. The van der Waals surface area contributed by atoms with E-state index in [0.29, 0.717) is 5.56 Å². The third kappa shape index (κ3) is 4.93. The third-order valence-corrected chi connectivity index (χ3v) is 3.61. The number of amides is 1. The molecular formula is C14H19BrFN3OS. The minimum atomic E-state index is -0.582. The lowest BCUT2D eigenvalue weighted by molar-refractivity contribution is -0.122. The van der Waals surface area contributed by atoms with Gasteiger partial charge in [-0.25, -0.2) is 4.39 Å². The maximum Gasteiger partial charge on any atom is 0.242 e. The zero-order valence-corrected chi connectivity index (χ0v) is 14.8. The number of rotatable bonds is 4. The third-order valence-electron chi connectivity index (χ3n) is 2.61. The van der Waals surface area contributed by atoms with Gasteiger partial charge >= 0.3 is 0 Å². The summed E-state index contributed by atoms with van der Waals surface area (Å²) in [6.45, 7) is 7.30. The van der Waals surface area contributed by atoms with Gasteiger partial charge in [0.05, 0.1) is 10.2 Å². The maximum atomic E-state index is 14.2. The van der Waals surface area contributed by atoms with E-state index in [4.69, 9.17) is 18.0 Å². The fraction of sp³-hybridized carbons (Fsp3) is 0.429. The Bertz CT molecular complexity index is 572. The number of hydrogen-bond donors (Lipinski definition) is 3. The number of anilines is 1. The maximum absolute atomic E-state index is 14.2. The molecule has 0 radical (unpaired) electrons. The van der Waals surface area contributed by atoms with E-state index < -0.39 is 11.9 Å². The van der Waals surface area contributed by atoms with Gasteiger partial charge in [0.2, 0.25) is 5.91 Å². The second-order valence-electron chi connectivity index (χ2n) is 5.76. The zero-order valence-electron chi connectivity index (χ0n) is 12.4. The Balaban J connectivity index is 2.91. The van der Waals surface area contributed by atoms with Crippen LogP contribution in [-0.4, -0.2) is 22.5 Å². The number of carbonyl (C=O) groups is 1. The van der Waals surface area contributed by atoms with Crippen LogP contribution in [0.4, 0.5) is 10.1 Å². The van der Waals surface area contributed by atoms with Gasteiger partial charge in [-0.05, 0) is 55.8 Å². The largest absolute Gasteiger partial charge is 0.389 e. The second-order valence-corrected chi connectivity index (χ2v) is 6.99. The van der Waals surface area contributed by atoms with E-state index in [2.05, 4.69) is 26.6 Å². The molecule has 1 rings (SSSR count). The average molecular weight is 376 g/mol. The molecule has 4 nitrogen and oxygen atoms in total. The van der Waals surface area contributed by atoms with Crippen LogP contribution in [0.25, 0.3) is 0 Å². The normalized spacial score (nSPS) is 12.7. The highest BCUT2D eigenvalue weighted by Crippen LogP contribution is 2.27. The highest BCUT2D eigenvalue weighted by atomic mass is 79.9. The van der Waals surface area contributed by atoms with Crippen LogP contribution in [-0.2, 0) is 4.79 Å². The topological polar surface area (TPSA) is 67.1 Å². The molecule has 1 aromatic rings. The van der Waals surface area contributed by atoms with Crippen LogP contribution in [0.15, 0.2) is 16.6 Å². The Morgan fingerprint density at radius 1 is 1.43 bits per heavy atom. The summed E-state index contributed by atoms with van der Waals surface area (Å²) in [5, 5.41) is 5.66. The summed E-state index contributed by atoms with van der Waals surface area (Å²) in [6.07, 6.45) is 0. The SMILES string of the molecule is CC(Nc1ccc(C(N)=S)c(Br)c1F)C(=O)NC(C)(C)C. The molecule has 116 valence electrons. The summed E-state index contributed by atoms with van der Waals surface area (Å²) in [5.41, 5.74) is 5.78. The molecule has 1 aromatic carbocycles. The van der Waals surface area contributed by atoms with Crippen LogP contribution >= 0.6 is 28.1 Å². The molecule has 0 saturated heterocycles. The van der Waals surface area contributed by atoms with Gasteiger partial charge in [0.25, 0.3) is 0 Å². The van der Waals surface area contributed by atoms with Crippen molar-refractivity contribution < 1.29 is 9.18 Å². The first-order valence-electron chi connectivity index (χ1n) is 6.39. The smallest absolute Gasteiger partial charge is 0.242 e. The highest BCUT2D eigenvalue weighted by molar-refractivity contribution is 9.10. The predicted octanol–water partition coefficient (Wildman–Crippen LogP) is 2.94. The van der Waals surface area contributed by atoms with Crippen LogP contribution in [0.3, 0.4) is 0 Å². The van der Waals surface area contributed by atoms with E-state index in [1.165, 1.54) is 6.07 Å². The molecule has 0 aliphatic carbocycles. The Labute approximate surface area is 137 Å². The van der Waals surface area contributed by atoms with Gasteiger partial charge in [0.1, 0.15) is 11.0 Å². The molecule has 0 saturated carbocycles. The molecule has 1 atom stereocenters. The molecule has 0 heterocycles. The Morgan fingerprint density at radius 3 is 2.48 bits per heavy atom. The lowest BCUT2D eigenvalue weighted by Crippen LogP contribution is -2.47. The standard InChI is InChI=1S/C14H19BrFN3OS/c1-7(13(20)19-14(2,3)4)18-9-6-5-8(12(17)21)10(15)11(9)16/h5-7,18H,1-4H3,(H2,17,21)(H,19,20). The van der Waals surface area contributed by atoms with Crippen molar-refractivity contribution in [3.63, 3.8) is 0 Å². The summed E-state index contributed by atoms with van der Waals surface area (Å²) in [7, 11) is 0. The van der Waals surface area contributed by atoms with E-state index in [0.717, 1.165) is 0 Å². The van der Waals surface area contributed by atoms with Crippen molar-refractivity contribution in [3.8, 4) is 0 Å². The van der Waals surface area contributed by atoms with E-state index in [1.54, 1.807) is 13.0 Å². The lowest BCUT2D eigenvalue weighted by atomic mass is 10.1. The van der Waals surface area contributed by atoms with Crippen LogP contribution in [0.1, 0.15) is 33.3 Å². The summed E-state index contributed by atoms with van der Waals surface area (Å²) in [4.78, 5) is 12.1. The summed E-state index contributed by atoms with van der Waals surface area (Å²) < 4.78 is 14.4. The molecule has 0 aromatic heterocycles. The number of carbonyl (C=O) groups excluding carboxylic acids is 1. The van der Waals surface area contributed by atoms with E-state index in [-0.39, 0.29) is 26.6 Å². The second kappa shape index (κ2) is 6.70. The molecule has 0 aliphatic rings. The lowest BCUT2D eigenvalue weighted by Gasteiger charge is -2.24. The number of halogens is 2. The minimum absolute atomic E-state index is 0.103. The van der Waals surface area contributed by atoms with Gasteiger partial charge in [0.15, 0.2) is 5.82 Å². The van der Waals surface area contributed by atoms with Crippen LogP contribution in [0.2, 0.25) is 0 Å². The molecule has 0 bridgehead atoms. The van der Waals surface area contributed by atoms with Crippen molar-refractivity contribution in [1.29, 1.82) is 0 Å².